The molecule has 0 bridgehead atoms. The molecule has 0 saturated heterocycles. The van der Waals surface area contributed by atoms with Gasteiger partial charge < -0.3 is 15.3 Å². The number of rotatable bonds is 8. The smallest absolute Gasteiger partial charge is 0.335 e. The summed E-state index contributed by atoms with van der Waals surface area (Å²) < 4.78 is 0. The number of aromatic carboxylic acids is 1. The molecule has 5 nitrogen and oxygen atoms in total. The van der Waals surface area contributed by atoms with Gasteiger partial charge in [-0.25, -0.2) is 4.79 Å². The first-order valence-electron chi connectivity index (χ1n) is 6.82. The Morgan fingerprint density at radius 1 is 1.30 bits per heavy atom. The molecule has 0 heterocycles. The number of nitrogens with one attached hydrogen (secondary N) is 1. The van der Waals surface area contributed by atoms with Crippen molar-refractivity contribution in [2.24, 2.45) is 0 Å². The Kier molecular flexibility index (Phi) is 6.73. The van der Waals surface area contributed by atoms with Gasteiger partial charge in [-0.15, -0.1) is 0 Å². The van der Waals surface area contributed by atoms with Crippen molar-refractivity contribution in [1.82, 2.24) is 10.2 Å². The van der Waals surface area contributed by atoms with E-state index < -0.39 is 5.97 Å². The number of benzene rings is 1. The van der Waals surface area contributed by atoms with Crippen molar-refractivity contribution in [2.45, 2.75) is 19.8 Å². The first-order chi connectivity index (χ1) is 9.56. The summed E-state index contributed by atoms with van der Waals surface area (Å²) in [6, 6.07) is 6.90. The number of nitrogens with zero attached hydrogens (tertiary/aromatic N) is 1. The fraction of sp³-hybridized carbons (Fsp3) is 0.467. The molecular weight excluding hydrogens is 256 g/mol. The monoisotopic (exact) mass is 278 g/mol. The van der Waals surface area contributed by atoms with Crippen LogP contribution < -0.4 is 5.32 Å². The number of hydrogen-bond donors (Lipinski definition) is 2. The first kappa shape index (κ1) is 16.2. The van der Waals surface area contributed by atoms with E-state index in [4.69, 9.17) is 5.11 Å². The summed E-state index contributed by atoms with van der Waals surface area (Å²) in [5, 5.41) is 12.2. The summed E-state index contributed by atoms with van der Waals surface area (Å²) in [5.74, 6) is -0.861. The summed E-state index contributed by atoms with van der Waals surface area (Å²) >= 11 is 0. The van der Waals surface area contributed by atoms with Gasteiger partial charge >= 0.3 is 5.97 Å². The van der Waals surface area contributed by atoms with Gasteiger partial charge in [0.05, 0.1) is 5.56 Å². The van der Waals surface area contributed by atoms with Gasteiger partial charge in [0.2, 0.25) is 5.91 Å². The van der Waals surface area contributed by atoms with Gasteiger partial charge in [0, 0.05) is 26.6 Å². The van der Waals surface area contributed by atoms with Gasteiger partial charge in [0.25, 0.3) is 0 Å². The lowest BCUT2D eigenvalue weighted by atomic mass is 10.0. The number of carbonyl (C=O) groups excluding carboxylic acids is 1. The largest absolute Gasteiger partial charge is 0.478 e. The van der Waals surface area contributed by atoms with Crippen LogP contribution in [0, 0.1) is 0 Å². The molecule has 0 unspecified atom stereocenters. The average Bonchev–Trinajstić information content (AvgIpc) is 2.45. The van der Waals surface area contributed by atoms with E-state index in [1.54, 1.807) is 30.1 Å². The second-order valence-electron chi connectivity index (χ2n) is 4.63. The zero-order valence-electron chi connectivity index (χ0n) is 12.1. The maximum atomic E-state index is 11.8. The van der Waals surface area contributed by atoms with E-state index in [-0.39, 0.29) is 5.91 Å². The summed E-state index contributed by atoms with van der Waals surface area (Å²) in [5.41, 5.74) is 1.06. The first-order valence-corrected chi connectivity index (χ1v) is 6.82. The van der Waals surface area contributed by atoms with Crippen LogP contribution in [0.5, 0.6) is 0 Å². The number of amides is 1. The van der Waals surface area contributed by atoms with Crippen LogP contribution in [0.2, 0.25) is 0 Å². The molecule has 0 aliphatic heterocycles. The van der Waals surface area contributed by atoms with Crippen molar-refractivity contribution in [3.05, 3.63) is 35.4 Å². The summed E-state index contributed by atoms with van der Waals surface area (Å²) in [6.07, 6.45) is 1.01. The molecule has 1 rings (SSSR count). The van der Waals surface area contributed by atoms with Crippen molar-refractivity contribution in [3.8, 4) is 0 Å². The summed E-state index contributed by atoms with van der Waals surface area (Å²) in [6.45, 7) is 4.04. The van der Waals surface area contributed by atoms with Crippen LogP contribution in [-0.4, -0.2) is 48.6 Å². The van der Waals surface area contributed by atoms with E-state index in [9.17, 15) is 9.59 Å². The lowest BCUT2D eigenvalue weighted by Gasteiger charge is -2.17. The minimum Gasteiger partial charge on any atom is -0.478 e. The Morgan fingerprint density at radius 3 is 2.65 bits per heavy atom. The fourth-order valence-electron chi connectivity index (χ4n) is 1.92. The van der Waals surface area contributed by atoms with E-state index in [0.717, 1.165) is 12.1 Å². The van der Waals surface area contributed by atoms with Crippen LogP contribution in [0.15, 0.2) is 24.3 Å². The van der Waals surface area contributed by atoms with Crippen molar-refractivity contribution in [3.63, 3.8) is 0 Å². The standard InChI is InChI=1S/C15H22N2O3/c1-3-16-10-8-14(18)17(2)11-9-12-6-4-5-7-13(12)15(19)20/h4-7,16H,3,8-11H2,1-2H3,(H,19,20). The molecule has 0 aliphatic rings. The molecule has 5 heteroatoms. The Bertz CT molecular complexity index is 460. The quantitative estimate of drug-likeness (QED) is 0.705. The van der Waals surface area contributed by atoms with E-state index >= 15 is 0 Å². The van der Waals surface area contributed by atoms with Gasteiger partial charge in [-0.3, -0.25) is 4.79 Å². The lowest BCUT2D eigenvalue weighted by molar-refractivity contribution is -0.129. The number of carboxylic acid groups (broad SMARTS) is 1. The molecule has 0 aromatic heterocycles. The highest BCUT2D eigenvalue weighted by Gasteiger charge is 2.12. The van der Waals surface area contributed by atoms with Crippen LogP contribution in [0.1, 0.15) is 29.3 Å². The molecular formula is C15H22N2O3. The predicted molar refractivity (Wildman–Crippen MR) is 77.9 cm³/mol. The third kappa shape index (κ3) is 5.01. The lowest BCUT2D eigenvalue weighted by Crippen LogP contribution is -2.31. The van der Waals surface area contributed by atoms with E-state index in [1.165, 1.54) is 0 Å². The zero-order chi connectivity index (χ0) is 15.0. The third-order valence-electron chi connectivity index (χ3n) is 3.16. The third-order valence-corrected chi connectivity index (χ3v) is 3.16. The van der Waals surface area contributed by atoms with Crippen LogP contribution in [0.3, 0.4) is 0 Å². The molecule has 20 heavy (non-hydrogen) atoms. The van der Waals surface area contributed by atoms with Crippen LogP contribution in [-0.2, 0) is 11.2 Å². The average molecular weight is 278 g/mol. The molecule has 0 saturated carbocycles. The maximum absolute atomic E-state index is 11.8. The van der Waals surface area contributed by atoms with E-state index in [0.29, 0.717) is 31.5 Å². The SMILES string of the molecule is CCNCCC(=O)N(C)CCc1ccccc1C(=O)O. The van der Waals surface area contributed by atoms with Crippen molar-refractivity contribution >= 4 is 11.9 Å². The zero-order valence-corrected chi connectivity index (χ0v) is 12.1. The van der Waals surface area contributed by atoms with Crippen LogP contribution >= 0.6 is 0 Å². The Morgan fingerprint density at radius 2 is 2.00 bits per heavy atom. The molecule has 0 aliphatic carbocycles. The molecule has 0 radical (unpaired) electrons. The van der Waals surface area contributed by atoms with Gasteiger partial charge in [-0.05, 0) is 24.6 Å². The van der Waals surface area contributed by atoms with Crippen LogP contribution in [0.25, 0.3) is 0 Å². The molecule has 2 N–H and O–H groups in total. The minimum absolute atomic E-state index is 0.0683. The fourth-order valence-corrected chi connectivity index (χ4v) is 1.92. The number of hydrogen-bond acceptors (Lipinski definition) is 3. The Hall–Kier alpha value is -1.88. The topological polar surface area (TPSA) is 69.6 Å². The molecule has 1 amide bonds. The van der Waals surface area contributed by atoms with E-state index in [1.807, 2.05) is 13.0 Å². The summed E-state index contributed by atoms with van der Waals surface area (Å²) in [4.78, 5) is 24.6. The predicted octanol–water partition coefficient (Wildman–Crippen LogP) is 1.39. The van der Waals surface area contributed by atoms with Crippen molar-refractivity contribution < 1.29 is 14.7 Å². The minimum atomic E-state index is -0.929. The normalized spacial score (nSPS) is 10.3. The van der Waals surface area contributed by atoms with Crippen LogP contribution in [0.4, 0.5) is 0 Å². The van der Waals surface area contributed by atoms with Crippen molar-refractivity contribution in [2.75, 3.05) is 26.7 Å². The summed E-state index contributed by atoms with van der Waals surface area (Å²) in [7, 11) is 1.75. The maximum Gasteiger partial charge on any atom is 0.335 e. The molecule has 0 spiro atoms. The number of carbonyl (C=O) groups is 2. The molecule has 1 aromatic rings. The van der Waals surface area contributed by atoms with Gasteiger partial charge in [-0.2, -0.15) is 0 Å². The van der Waals surface area contributed by atoms with Crippen molar-refractivity contribution in [1.29, 1.82) is 0 Å². The van der Waals surface area contributed by atoms with E-state index in [2.05, 4.69) is 5.32 Å². The Balaban J connectivity index is 2.50. The van der Waals surface area contributed by atoms with Gasteiger partial charge in [0.15, 0.2) is 0 Å². The van der Waals surface area contributed by atoms with Gasteiger partial charge in [-0.1, -0.05) is 25.1 Å². The number of likely N-dealkylation sites (N-methyl/N-ethyl adjacent to an activating group) is 1. The molecule has 1 aromatic carbocycles. The highest BCUT2D eigenvalue weighted by atomic mass is 16.4. The Labute approximate surface area is 119 Å². The second kappa shape index (κ2) is 8.32. The molecule has 0 fully saturated rings. The van der Waals surface area contributed by atoms with Gasteiger partial charge in [0.1, 0.15) is 0 Å². The number of carboxylic acids is 1. The highest BCUT2D eigenvalue weighted by molar-refractivity contribution is 5.89. The molecule has 110 valence electrons. The molecule has 0 atom stereocenters. The second-order valence-corrected chi connectivity index (χ2v) is 4.63. The highest BCUT2D eigenvalue weighted by Crippen LogP contribution is 2.10.